The van der Waals surface area contributed by atoms with Gasteiger partial charge in [0.25, 0.3) is 0 Å². The Kier molecular flexibility index (Phi) is 36.4. The fraction of sp³-hybridized carbons (Fsp3) is 0.833. The number of nitrogens with two attached hydrogens (primary N) is 1. The van der Waals surface area contributed by atoms with Gasteiger partial charge in [-0.05, 0) is 64.2 Å². The van der Waals surface area contributed by atoms with Crippen molar-refractivity contribution in [2.75, 3.05) is 19.8 Å². The molecule has 4 N–H and O–H groups in total. The van der Waals surface area contributed by atoms with Gasteiger partial charge in [-0.2, -0.15) is 0 Å². The van der Waals surface area contributed by atoms with Gasteiger partial charge in [-0.1, -0.05) is 141 Å². The molecular weight excluding hydrogens is 709 g/mol. The van der Waals surface area contributed by atoms with Crippen LogP contribution in [0.15, 0.2) is 24.3 Å². The number of allylic oxidation sites excluding steroid dienone is 4. The second-order valence-electron chi connectivity index (χ2n) is 14.5. The van der Waals surface area contributed by atoms with Gasteiger partial charge in [0.2, 0.25) is 0 Å². The number of unbranched alkanes of at least 4 members (excludes halogenated alkanes) is 22. The third kappa shape index (κ3) is 36.9. The Hall–Kier alpha value is -2.04. The second kappa shape index (κ2) is 37.9. The summed E-state index contributed by atoms with van der Waals surface area (Å²) in [5.74, 6) is -2.40. The van der Waals surface area contributed by atoms with Crippen LogP contribution in [0, 0.1) is 0 Å². The quantitative estimate of drug-likeness (QED) is 0.0233. The van der Waals surface area contributed by atoms with Crippen LogP contribution in [-0.2, 0) is 37.5 Å². The predicted molar refractivity (Wildman–Crippen MR) is 217 cm³/mol. The first-order chi connectivity index (χ1) is 26.1. The van der Waals surface area contributed by atoms with E-state index in [4.69, 9.17) is 24.8 Å². The predicted octanol–water partition coefficient (Wildman–Crippen LogP) is 11.1. The standard InChI is InChI=1S/C42H78NO10P/c1-3-5-7-9-11-13-15-17-18-19-20-22-24-26-28-30-32-34-41(45)53-38(36-51-54(48,49)52-37-39(43)42(46)47)35-50-40(44)33-31-29-27-25-23-21-16-14-12-10-8-6-4-2/h17-18,21,23,38-39H,3-16,19-20,22,24-37,43H2,1-2H3,(H,46,47)(H,48,49)/b18-17+,23-21+/t38-,39+/m1/s1. The average Bonchev–Trinajstić information content (AvgIpc) is 3.14. The summed E-state index contributed by atoms with van der Waals surface area (Å²) in [6, 6.07) is -1.52. The molecule has 0 rings (SSSR count). The number of ether oxygens (including phenoxy) is 2. The highest BCUT2D eigenvalue weighted by atomic mass is 31.2. The maximum absolute atomic E-state index is 12.6. The monoisotopic (exact) mass is 788 g/mol. The van der Waals surface area contributed by atoms with Crippen molar-refractivity contribution in [3.63, 3.8) is 0 Å². The van der Waals surface area contributed by atoms with E-state index in [-0.39, 0.29) is 19.4 Å². The van der Waals surface area contributed by atoms with E-state index in [0.717, 1.165) is 57.8 Å². The summed E-state index contributed by atoms with van der Waals surface area (Å²) < 4.78 is 32.6. The largest absolute Gasteiger partial charge is 0.480 e. The molecule has 54 heavy (non-hydrogen) atoms. The Balaban J connectivity index is 4.39. The summed E-state index contributed by atoms with van der Waals surface area (Å²) in [6.45, 7) is 2.77. The van der Waals surface area contributed by atoms with Gasteiger partial charge in [0, 0.05) is 12.8 Å². The van der Waals surface area contributed by atoms with E-state index in [1.807, 2.05) is 0 Å². The van der Waals surface area contributed by atoms with Crippen LogP contribution in [0.4, 0.5) is 0 Å². The van der Waals surface area contributed by atoms with E-state index in [9.17, 15) is 23.8 Å². The van der Waals surface area contributed by atoms with E-state index in [1.54, 1.807) is 0 Å². The normalized spacial score (nSPS) is 14.0. The molecule has 3 atom stereocenters. The number of aliphatic carboxylic acids is 1. The third-order valence-electron chi connectivity index (χ3n) is 9.17. The first kappa shape index (κ1) is 52.0. The fourth-order valence-corrected chi connectivity index (χ4v) is 6.54. The number of hydrogen-bond donors (Lipinski definition) is 3. The zero-order chi connectivity index (χ0) is 40.0. The minimum Gasteiger partial charge on any atom is -0.480 e. The van der Waals surface area contributed by atoms with Crippen molar-refractivity contribution in [3.05, 3.63) is 24.3 Å². The van der Waals surface area contributed by atoms with Crippen LogP contribution in [0.3, 0.4) is 0 Å². The number of rotatable bonds is 40. The van der Waals surface area contributed by atoms with Crippen LogP contribution in [0.1, 0.15) is 194 Å². The molecule has 0 spiro atoms. The summed E-state index contributed by atoms with van der Waals surface area (Å²) in [6.07, 6.45) is 38.1. The lowest BCUT2D eigenvalue weighted by Crippen LogP contribution is -2.34. The molecule has 0 aromatic carbocycles. The number of phosphoric acid groups is 1. The number of phosphoric ester groups is 1. The molecule has 0 aliphatic carbocycles. The summed E-state index contributed by atoms with van der Waals surface area (Å²) in [4.78, 5) is 45.9. The zero-order valence-corrected chi connectivity index (χ0v) is 35.0. The summed E-state index contributed by atoms with van der Waals surface area (Å²) in [5, 5.41) is 8.88. The van der Waals surface area contributed by atoms with Crippen molar-refractivity contribution < 1.29 is 47.5 Å². The van der Waals surface area contributed by atoms with Gasteiger partial charge in [-0.25, -0.2) is 4.57 Å². The molecular formula is C42H78NO10P. The molecule has 0 heterocycles. The van der Waals surface area contributed by atoms with Crippen molar-refractivity contribution in [3.8, 4) is 0 Å². The molecule has 0 aliphatic rings. The number of carboxylic acids is 1. The van der Waals surface area contributed by atoms with E-state index in [0.29, 0.717) is 12.8 Å². The maximum atomic E-state index is 12.6. The lowest BCUT2D eigenvalue weighted by molar-refractivity contribution is -0.161. The first-order valence-corrected chi connectivity index (χ1v) is 22.9. The molecule has 0 amide bonds. The molecule has 0 aromatic heterocycles. The van der Waals surface area contributed by atoms with Crippen LogP contribution in [0.25, 0.3) is 0 Å². The van der Waals surface area contributed by atoms with Crippen molar-refractivity contribution in [1.82, 2.24) is 0 Å². The molecule has 1 unspecified atom stereocenters. The van der Waals surface area contributed by atoms with Crippen LogP contribution in [0.2, 0.25) is 0 Å². The topological polar surface area (TPSA) is 172 Å². The van der Waals surface area contributed by atoms with Crippen LogP contribution >= 0.6 is 7.82 Å². The van der Waals surface area contributed by atoms with E-state index >= 15 is 0 Å². The zero-order valence-electron chi connectivity index (χ0n) is 34.1. The van der Waals surface area contributed by atoms with Crippen molar-refractivity contribution in [1.29, 1.82) is 0 Å². The summed E-state index contributed by atoms with van der Waals surface area (Å²) in [5.41, 5.74) is 5.33. The molecule has 0 saturated carbocycles. The van der Waals surface area contributed by atoms with Crippen molar-refractivity contribution >= 4 is 25.7 Å². The molecule has 0 radical (unpaired) electrons. The van der Waals surface area contributed by atoms with E-state index < -0.39 is 51.1 Å². The number of carboxylic acid groups (broad SMARTS) is 1. The Morgan fingerprint density at radius 2 is 0.926 bits per heavy atom. The number of hydrogen-bond acceptors (Lipinski definition) is 9. The highest BCUT2D eigenvalue weighted by Gasteiger charge is 2.28. The van der Waals surface area contributed by atoms with Gasteiger partial charge in [-0.3, -0.25) is 23.4 Å². The average molecular weight is 788 g/mol. The smallest absolute Gasteiger partial charge is 0.472 e. The van der Waals surface area contributed by atoms with Gasteiger partial charge >= 0.3 is 25.7 Å². The third-order valence-corrected chi connectivity index (χ3v) is 10.1. The van der Waals surface area contributed by atoms with Crippen molar-refractivity contribution in [2.45, 2.75) is 206 Å². The fourth-order valence-electron chi connectivity index (χ4n) is 5.76. The SMILES string of the molecule is CCCCCCCC/C=C/CCCCCCCCCC(=O)O[C@H](COC(=O)CCCCC/C=C/CCCCCCCC)COP(=O)(O)OC[C@H](N)C(=O)O. The van der Waals surface area contributed by atoms with Gasteiger partial charge in [0.15, 0.2) is 6.10 Å². The van der Waals surface area contributed by atoms with Crippen LogP contribution in [-0.4, -0.2) is 59.9 Å². The maximum Gasteiger partial charge on any atom is 0.472 e. The molecule has 316 valence electrons. The lowest BCUT2D eigenvalue weighted by Gasteiger charge is -2.20. The number of carbonyl (C=O) groups excluding carboxylic acids is 2. The van der Waals surface area contributed by atoms with E-state index in [2.05, 4.69) is 42.7 Å². The molecule has 0 fully saturated rings. The Bertz CT molecular complexity index is 1020. The van der Waals surface area contributed by atoms with E-state index in [1.165, 1.54) is 96.3 Å². The van der Waals surface area contributed by atoms with Gasteiger partial charge in [-0.15, -0.1) is 0 Å². The highest BCUT2D eigenvalue weighted by molar-refractivity contribution is 7.47. The molecule has 0 bridgehead atoms. The van der Waals surface area contributed by atoms with Crippen LogP contribution in [0.5, 0.6) is 0 Å². The van der Waals surface area contributed by atoms with Crippen LogP contribution < -0.4 is 5.73 Å². The minimum absolute atomic E-state index is 0.155. The first-order valence-electron chi connectivity index (χ1n) is 21.4. The molecule has 11 nitrogen and oxygen atoms in total. The van der Waals surface area contributed by atoms with Gasteiger partial charge < -0.3 is 25.2 Å². The Morgan fingerprint density at radius 3 is 1.37 bits per heavy atom. The minimum atomic E-state index is -4.71. The number of carbonyl (C=O) groups is 3. The molecule has 0 aromatic rings. The molecule has 12 heteroatoms. The Labute approximate surface area is 328 Å². The Morgan fingerprint density at radius 1 is 0.556 bits per heavy atom. The molecule has 0 aliphatic heterocycles. The van der Waals surface area contributed by atoms with Gasteiger partial charge in [0.05, 0.1) is 13.2 Å². The summed E-state index contributed by atoms with van der Waals surface area (Å²) >= 11 is 0. The second-order valence-corrected chi connectivity index (χ2v) is 15.9. The lowest BCUT2D eigenvalue weighted by atomic mass is 10.1. The summed E-state index contributed by atoms with van der Waals surface area (Å²) in [7, 11) is -4.71. The van der Waals surface area contributed by atoms with Gasteiger partial charge in [0.1, 0.15) is 12.6 Å². The van der Waals surface area contributed by atoms with Crippen molar-refractivity contribution in [2.24, 2.45) is 5.73 Å². The molecule has 0 saturated heterocycles. The number of esters is 2. The highest BCUT2D eigenvalue weighted by Crippen LogP contribution is 2.43.